The molecule has 1 aromatic heterocycles. The average molecular weight is 301 g/mol. The molecule has 0 aliphatic rings. The second kappa shape index (κ2) is 8.16. The number of nitrogens with zero attached hydrogens (tertiary/aromatic N) is 1. The van der Waals surface area contributed by atoms with Crippen molar-refractivity contribution in [3.63, 3.8) is 0 Å². The predicted octanol–water partition coefficient (Wildman–Crippen LogP) is 1.26. The van der Waals surface area contributed by atoms with Gasteiger partial charge in [-0.05, 0) is 19.3 Å². The lowest BCUT2D eigenvalue weighted by Crippen LogP contribution is -2.32. The molecule has 1 heterocycles. The van der Waals surface area contributed by atoms with Crippen molar-refractivity contribution in [2.75, 3.05) is 6.61 Å². The molecule has 114 valence electrons. The van der Waals surface area contributed by atoms with E-state index in [1.165, 1.54) is 0 Å². The molecule has 0 unspecified atom stereocenters. The largest absolute Gasteiger partial charge is 0.465 e. The van der Waals surface area contributed by atoms with Gasteiger partial charge in [0.1, 0.15) is 0 Å². The smallest absolute Gasteiger partial charge is 0.294 e. The average Bonchev–Trinajstić information content (AvgIpc) is 2.77. The van der Waals surface area contributed by atoms with Crippen LogP contribution in [-0.2, 0) is 17.9 Å². The van der Waals surface area contributed by atoms with Crippen molar-refractivity contribution in [1.29, 1.82) is 0 Å². The zero-order chi connectivity index (χ0) is 15.1. The van der Waals surface area contributed by atoms with E-state index in [1.54, 1.807) is 0 Å². The molecule has 20 heavy (non-hydrogen) atoms. The lowest BCUT2D eigenvalue weighted by atomic mass is 10.1. The van der Waals surface area contributed by atoms with Crippen molar-refractivity contribution >= 4 is 18.5 Å². The number of aromatic nitrogens is 2. The first-order chi connectivity index (χ1) is 9.47. The molecular weight excluding hydrogens is 278 g/mol. The Balaban J connectivity index is 2.58. The molecule has 1 amide bonds. The molecule has 7 heteroatoms. The first-order valence-electron chi connectivity index (χ1n) is 6.75. The molecule has 3 N–H and O–H groups in total. The number of H-pyrrole nitrogens is 1. The van der Waals surface area contributed by atoms with Crippen LogP contribution in [0, 0.1) is 5.92 Å². The summed E-state index contributed by atoms with van der Waals surface area (Å²) < 4.78 is 5.23. The molecule has 1 rings (SSSR count). The molecule has 0 radical (unpaired) electrons. The quantitative estimate of drug-likeness (QED) is 0.544. The van der Waals surface area contributed by atoms with Gasteiger partial charge in [-0.2, -0.15) is 17.6 Å². The highest BCUT2D eigenvalue weighted by molar-refractivity contribution is 7.81. The molecule has 0 aliphatic carbocycles. The van der Waals surface area contributed by atoms with Gasteiger partial charge in [0.15, 0.2) is 0 Å². The summed E-state index contributed by atoms with van der Waals surface area (Å²) in [6, 6.07) is 0.352. The molecular formula is C13H23N3O3S. The number of imidazole rings is 1. The number of amides is 1. The van der Waals surface area contributed by atoms with Crippen LogP contribution in [-0.4, -0.2) is 32.8 Å². The van der Waals surface area contributed by atoms with Gasteiger partial charge in [-0.3, -0.25) is 4.79 Å². The topological polar surface area (TPSA) is 87.2 Å². The van der Waals surface area contributed by atoms with Crippen LogP contribution in [0.2, 0.25) is 0 Å². The molecule has 1 atom stereocenters. The van der Waals surface area contributed by atoms with Gasteiger partial charge in [0.05, 0.1) is 36.4 Å². The maximum atomic E-state index is 11.9. The van der Waals surface area contributed by atoms with E-state index in [4.69, 9.17) is 4.74 Å². The fourth-order valence-electron chi connectivity index (χ4n) is 1.75. The molecule has 0 spiro atoms. The van der Waals surface area contributed by atoms with Crippen LogP contribution in [0.5, 0.6) is 6.01 Å². The number of nitrogens with one attached hydrogen (secondary N) is 2. The van der Waals surface area contributed by atoms with Gasteiger partial charge in [0, 0.05) is 0 Å². The van der Waals surface area contributed by atoms with E-state index in [2.05, 4.69) is 27.9 Å². The van der Waals surface area contributed by atoms with Crippen molar-refractivity contribution in [2.45, 2.75) is 45.6 Å². The van der Waals surface area contributed by atoms with Crippen LogP contribution >= 0.6 is 12.6 Å². The Morgan fingerprint density at radius 3 is 2.80 bits per heavy atom. The minimum Gasteiger partial charge on any atom is -0.465 e. The number of aliphatic hydroxyl groups is 1. The lowest BCUT2D eigenvalue weighted by Gasteiger charge is -2.13. The number of aliphatic hydroxyl groups excluding tert-OH is 1. The third kappa shape index (κ3) is 5.05. The monoisotopic (exact) mass is 301 g/mol. The van der Waals surface area contributed by atoms with E-state index in [-0.39, 0.29) is 24.3 Å². The van der Waals surface area contributed by atoms with E-state index in [0.29, 0.717) is 29.9 Å². The lowest BCUT2D eigenvalue weighted by molar-refractivity contribution is -0.121. The fourth-order valence-corrected chi connectivity index (χ4v) is 2.26. The van der Waals surface area contributed by atoms with E-state index < -0.39 is 0 Å². The van der Waals surface area contributed by atoms with Gasteiger partial charge in [-0.15, -0.1) is 0 Å². The molecule has 0 aromatic carbocycles. The zero-order valence-corrected chi connectivity index (χ0v) is 13.0. The number of ether oxygens (including phenoxy) is 1. The van der Waals surface area contributed by atoms with Crippen molar-refractivity contribution in [3.8, 4) is 6.01 Å². The summed E-state index contributed by atoms with van der Waals surface area (Å²) in [5.41, 5.74) is 1.13. The van der Waals surface area contributed by atoms with E-state index in [9.17, 15) is 9.90 Å². The van der Waals surface area contributed by atoms with E-state index >= 15 is 0 Å². The Morgan fingerprint density at radius 1 is 1.55 bits per heavy atom. The SMILES string of the molecule is CCOc1nc(CO)c(CNC(=O)[C@@H](S)CC(C)C)[nH]1. The van der Waals surface area contributed by atoms with Crippen LogP contribution in [0.3, 0.4) is 0 Å². The van der Waals surface area contributed by atoms with Crippen LogP contribution < -0.4 is 10.1 Å². The molecule has 0 fully saturated rings. The Bertz CT molecular complexity index is 434. The van der Waals surface area contributed by atoms with Gasteiger partial charge >= 0.3 is 0 Å². The van der Waals surface area contributed by atoms with Crippen LogP contribution in [0.4, 0.5) is 0 Å². The molecule has 0 saturated carbocycles. The summed E-state index contributed by atoms with van der Waals surface area (Å²) in [5, 5.41) is 11.7. The van der Waals surface area contributed by atoms with Crippen molar-refractivity contribution < 1.29 is 14.6 Å². The Kier molecular flexibility index (Phi) is 6.87. The summed E-state index contributed by atoms with van der Waals surface area (Å²) in [7, 11) is 0. The molecule has 0 bridgehead atoms. The standard InChI is InChI=1S/C13H23N3O3S/c1-4-19-13-15-9(10(7-17)16-13)6-14-12(18)11(20)5-8(2)3/h8,11,17,20H,4-7H2,1-3H3,(H,14,18)(H,15,16)/t11-/m0/s1. The maximum Gasteiger partial charge on any atom is 0.294 e. The highest BCUT2D eigenvalue weighted by atomic mass is 32.1. The summed E-state index contributed by atoms with van der Waals surface area (Å²) >= 11 is 4.29. The number of carbonyl (C=O) groups is 1. The number of thiol groups is 1. The summed E-state index contributed by atoms with van der Waals surface area (Å²) in [6.07, 6.45) is 0.717. The third-order valence-electron chi connectivity index (χ3n) is 2.71. The van der Waals surface area contributed by atoms with Crippen molar-refractivity contribution in [2.24, 2.45) is 5.92 Å². The van der Waals surface area contributed by atoms with E-state index in [0.717, 1.165) is 6.42 Å². The first-order valence-corrected chi connectivity index (χ1v) is 7.26. The highest BCUT2D eigenvalue weighted by Gasteiger charge is 2.17. The van der Waals surface area contributed by atoms with Crippen LogP contribution in [0.1, 0.15) is 38.6 Å². The van der Waals surface area contributed by atoms with Crippen LogP contribution in [0.15, 0.2) is 0 Å². The molecule has 0 saturated heterocycles. The number of carbonyl (C=O) groups excluding carboxylic acids is 1. The van der Waals surface area contributed by atoms with Gasteiger partial charge in [0.25, 0.3) is 6.01 Å². The van der Waals surface area contributed by atoms with Crippen molar-refractivity contribution in [1.82, 2.24) is 15.3 Å². The molecule has 0 aliphatic heterocycles. The second-order valence-corrected chi connectivity index (χ2v) is 5.54. The Labute approximate surface area is 124 Å². The van der Waals surface area contributed by atoms with E-state index in [1.807, 2.05) is 20.8 Å². The molecule has 1 aromatic rings. The maximum absolute atomic E-state index is 11.9. The Hall–Kier alpha value is -1.21. The third-order valence-corrected chi connectivity index (χ3v) is 3.16. The van der Waals surface area contributed by atoms with Gasteiger partial charge in [-0.1, -0.05) is 13.8 Å². The van der Waals surface area contributed by atoms with Crippen molar-refractivity contribution in [3.05, 3.63) is 11.4 Å². The highest BCUT2D eigenvalue weighted by Crippen LogP contribution is 2.13. The van der Waals surface area contributed by atoms with Crippen LogP contribution in [0.25, 0.3) is 0 Å². The Morgan fingerprint density at radius 2 is 2.25 bits per heavy atom. The second-order valence-electron chi connectivity index (χ2n) is 4.92. The number of rotatable bonds is 8. The zero-order valence-electron chi connectivity index (χ0n) is 12.1. The number of hydrogen-bond donors (Lipinski definition) is 4. The van der Waals surface area contributed by atoms with Gasteiger partial charge < -0.3 is 20.1 Å². The minimum atomic E-state index is -0.332. The normalized spacial score (nSPS) is 12.5. The predicted molar refractivity (Wildman–Crippen MR) is 79.8 cm³/mol. The molecule has 6 nitrogen and oxygen atoms in total. The summed E-state index contributed by atoms with van der Waals surface area (Å²) in [5.74, 6) is 0.284. The summed E-state index contributed by atoms with van der Waals surface area (Å²) in [6.45, 7) is 6.49. The number of hydrogen-bond acceptors (Lipinski definition) is 5. The summed E-state index contributed by atoms with van der Waals surface area (Å²) in [4.78, 5) is 18.9. The fraction of sp³-hybridized carbons (Fsp3) is 0.692. The van der Waals surface area contributed by atoms with Gasteiger partial charge in [-0.25, -0.2) is 0 Å². The number of aromatic amines is 1. The van der Waals surface area contributed by atoms with Gasteiger partial charge in [0.2, 0.25) is 5.91 Å². The minimum absolute atomic E-state index is 0.126. The first kappa shape index (κ1) is 16.8.